The largest absolute Gasteiger partial charge is 0.397 e. The third-order valence-electron chi connectivity index (χ3n) is 2.47. The second-order valence-electron chi connectivity index (χ2n) is 3.42. The first-order valence-electron chi connectivity index (χ1n) is 4.97. The summed E-state index contributed by atoms with van der Waals surface area (Å²) in [5.74, 6) is 0. The molecule has 0 saturated heterocycles. The Morgan fingerprint density at radius 3 is 2.87 bits per heavy atom. The van der Waals surface area contributed by atoms with Gasteiger partial charge in [0.15, 0.2) is 0 Å². The average molecular weight is 202 g/mol. The van der Waals surface area contributed by atoms with Crippen LogP contribution in [0.1, 0.15) is 12.5 Å². The van der Waals surface area contributed by atoms with Crippen LogP contribution in [0.25, 0.3) is 11.4 Å². The van der Waals surface area contributed by atoms with Gasteiger partial charge < -0.3 is 5.73 Å². The molecule has 0 saturated carbocycles. The van der Waals surface area contributed by atoms with E-state index in [0.29, 0.717) is 0 Å². The Hall–Kier alpha value is -1.84. The van der Waals surface area contributed by atoms with E-state index in [0.717, 1.165) is 29.2 Å². The predicted molar refractivity (Wildman–Crippen MR) is 60.3 cm³/mol. The van der Waals surface area contributed by atoms with Crippen LogP contribution in [0.3, 0.4) is 0 Å². The van der Waals surface area contributed by atoms with Crippen LogP contribution < -0.4 is 5.73 Å². The summed E-state index contributed by atoms with van der Waals surface area (Å²) in [5.41, 5.74) is 9.55. The van der Waals surface area contributed by atoms with Crippen molar-refractivity contribution in [3.8, 4) is 11.4 Å². The monoisotopic (exact) mass is 202 g/mol. The standard InChI is InChI=1S/C11H14N4/c1-3-15-9(5-7-14-15)11-10(12)8(2)4-6-13-11/h4-7H,3,12H2,1-2H3. The molecule has 0 fully saturated rings. The van der Waals surface area contributed by atoms with Crippen LogP contribution in [0.4, 0.5) is 5.69 Å². The van der Waals surface area contributed by atoms with E-state index in [4.69, 9.17) is 5.73 Å². The number of nitrogens with zero attached hydrogens (tertiary/aromatic N) is 3. The molecule has 2 N–H and O–H groups in total. The molecule has 0 spiro atoms. The van der Waals surface area contributed by atoms with E-state index in [1.807, 2.05) is 30.7 Å². The number of aromatic nitrogens is 3. The number of pyridine rings is 1. The highest BCUT2D eigenvalue weighted by Crippen LogP contribution is 2.25. The summed E-state index contributed by atoms with van der Waals surface area (Å²) in [7, 11) is 0. The Labute approximate surface area is 88.8 Å². The zero-order chi connectivity index (χ0) is 10.8. The zero-order valence-electron chi connectivity index (χ0n) is 8.94. The van der Waals surface area contributed by atoms with E-state index in [1.165, 1.54) is 0 Å². The Kier molecular flexibility index (Phi) is 2.41. The van der Waals surface area contributed by atoms with Crippen LogP contribution in [-0.4, -0.2) is 14.8 Å². The lowest BCUT2D eigenvalue weighted by Crippen LogP contribution is -2.03. The van der Waals surface area contributed by atoms with Crippen molar-refractivity contribution in [3.63, 3.8) is 0 Å². The molecular formula is C11H14N4. The molecule has 78 valence electrons. The molecule has 2 heterocycles. The van der Waals surface area contributed by atoms with Gasteiger partial charge >= 0.3 is 0 Å². The fourth-order valence-electron chi connectivity index (χ4n) is 1.56. The fraction of sp³-hybridized carbons (Fsp3) is 0.273. The van der Waals surface area contributed by atoms with Crippen molar-refractivity contribution in [3.05, 3.63) is 30.1 Å². The van der Waals surface area contributed by atoms with Crippen LogP contribution in [0.2, 0.25) is 0 Å². The van der Waals surface area contributed by atoms with E-state index < -0.39 is 0 Å². The first-order chi connectivity index (χ1) is 7.24. The highest BCUT2D eigenvalue weighted by Gasteiger charge is 2.10. The Morgan fingerprint density at radius 1 is 1.33 bits per heavy atom. The second-order valence-corrected chi connectivity index (χ2v) is 3.42. The normalized spacial score (nSPS) is 10.5. The molecule has 0 atom stereocenters. The third-order valence-corrected chi connectivity index (χ3v) is 2.47. The van der Waals surface area contributed by atoms with Crippen molar-refractivity contribution in [1.29, 1.82) is 0 Å². The summed E-state index contributed by atoms with van der Waals surface area (Å²) >= 11 is 0. The molecule has 4 nitrogen and oxygen atoms in total. The Bertz CT molecular complexity index is 473. The molecule has 0 amide bonds. The molecule has 0 bridgehead atoms. The molecule has 0 radical (unpaired) electrons. The number of rotatable bonds is 2. The van der Waals surface area contributed by atoms with E-state index in [9.17, 15) is 0 Å². The van der Waals surface area contributed by atoms with Gasteiger partial charge in [0.1, 0.15) is 5.69 Å². The quantitative estimate of drug-likeness (QED) is 0.808. The van der Waals surface area contributed by atoms with Gasteiger partial charge in [-0.3, -0.25) is 9.67 Å². The van der Waals surface area contributed by atoms with Crippen LogP contribution in [0.15, 0.2) is 24.5 Å². The van der Waals surface area contributed by atoms with Crippen LogP contribution in [-0.2, 0) is 6.54 Å². The molecule has 0 unspecified atom stereocenters. The number of aryl methyl sites for hydroxylation is 2. The lowest BCUT2D eigenvalue weighted by Gasteiger charge is -2.08. The molecule has 2 aromatic heterocycles. The van der Waals surface area contributed by atoms with Gasteiger partial charge in [-0.25, -0.2) is 0 Å². The summed E-state index contributed by atoms with van der Waals surface area (Å²) in [6.07, 6.45) is 3.54. The zero-order valence-corrected chi connectivity index (χ0v) is 8.94. The minimum atomic E-state index is 0.729. The van der Waals surface area contributed by atoms with Crippen LogP contribution in [0.5, 0.6) is 0 Å². The number of hydrogen-bond acceptors (Lipinski definition) is 3. The molecular weight excluding hydrogens is 188 g/mol. The maximum atomic E-state index is 5.99. The molecule has 15 heavy (non-hydrogen) atoms. The summed E-state index contributed by atoms with van der Waals surface area (Å²) in [5, 5.41) is 4.20. The van der Waals surface area contributed by atoms with E-state index in [1.54, 1.807) is 12.4 Å². The molecule has 0 aromatic carbocycles. The third kappa shape index (κ3) is 1.58. The SMILES string of the molecule is CCn1nccc1-c1nccc(C)c1N. The number of anilines is 1. The fourth-order valence-corrected chi connectivity index (χ4v) is 1.56. The van der Waals surface area contributed by atoms with Crippen molar-refractivity contribution in [1.82, 2.24) is 14.8 Å². The smallest absolute Gasteiger partial charge is 0.111 e. The van der Waals surface area contributed by atoms with E-state index in [2.05, 4.69) is 10.1 Å². The molecule has 4 heteroatoms. The molecule has 0 aliphatic heterocycles. The first kappa shape index (κ1) is 9.71. The van der Waals surface area contributed by atoms with Crippen LogP contribution >= 0.6 is 0 Å². The molecule has 0 aliphatic carbocycles. The molecule has 2 rings (SSSR count). The van der Waals surface area contributed by atoms with E-state index >= 15 is 0 Å². The predicted octanol–water partition coefficient (Wildman–Crippen LogP) is 1.86. The summed E-state index contributed by atoms with van der Waals surface area (Å²) in [6, 6.07) is 3.84. The maximum absolute atomic E-state index is 5.99. The lowest BCUT2D eigenvalue weighted by molar-refractivity contribution is 0.666. The number of nitrogens with two attached hydrogens (primary N) is 1. The van der Waals surface area contributed by atoms with Gasteiger partial charge in [-0.05, 0) is 31.5 Å². The first-order valence-corrected chi connectivity index (χ1v) is 4.97. The minimum Gasteiger partial charge on any atom is -0.397 e. The minimum absolute atomic E-state index is 0.729. The second kappa shape index (κ2) is 3.73. The van der Waals surface area contributed by atoms with Crippen molar-refractivity contribution in [2.45, 2.75) is 20.4 Å². The van der Waals surface area contributed by atoms with Gasteiger partial charge in [0.05, 0.1) is 11.4 Å². The van der Waals surface area contributed by atoms with Crippen molar-refractivity contribution < 1.29 is 0 Å². The van der Waals surface area contributed by atoms with Crippen LogP contribution in [0, 0.1) is 6.92 Å². The number of nitrogen functional groups attached to an aromatic ring is 1. The highest BCUT2D eigenvalue weighted by atomic mass is 15.3. The van der Waals surface area contributed by atoms with Gasteiger partial charge in [-0.2, -0.15) is 5.10 Å². The van der Waals surface area contributed by atoms with Crippen molar-refractivity contribution in [2.24, 2.45) is 0 Å². The van der Waals surface area contributed by atoms with Crippen molar-refractivity contribution >= 4 is 5.69 Å². The lowest BCUT2D eigenvalue weighted by atomic mass is 10.1. The van der Waals surface area contributed by atoms with Gasteiger partial charge in [-0.1, -0.05) is 0 Å². The van der Waals surface area contributed by atoms with Gasteiger partial charge in [0.25, 0.3) is 0 Å². The maximum Gasteiger partial charge on any atom is 0.111 e. The summed E-state index contributed by atoms with van der Waals surface area (Å²) in [6.45, 7) is 4.84. The highest BCUT2D eigenvalue weighted by molar-refractivity contribution is 5.72. The van der Waals surface area contributed by atoms with Gasteiger partial charge in [-0.15, -0.1) is 0 Å². The molecule has 2 aromatic rings. The summed E-state index contributed by atoms with van der Waals surface area (Å²) < 4.78 is 1.89. The van der Waals surface area contributed by atoms with Gasteiger partial charge in [0.2, 0.25) is 0 Å². The van der Waals surface area contributed by atoms with Gasteiger partial charge in [0, 0.05) is 18.9 Å². The molecule has 0 aliphatic rings. The Balaban J connectivity index is 2.59. The van der Waals surface area contributed by atoms with Crippen molar-refractivity contribution in [2.75, 3.05) is 5.73 Å². The summed E-state index contributed by atoms with van der Waals surface area (Å²) in [4.78, 5) is 4.30. The Morgan fingerprint density at radius 2 is 2.13 bits per heavy atom. The number of hydrogen-bond donors (Lipinski definition) is 1. The van der Waals surface area contributed by atoms with E-state index in [-0.39, 0.29) is 0 Å². The average Bonchev–Trinajstić information content (AvgIpc) is 2.70. The topological polar surface area (TPSA) is 56.7 Å².